The van der Waals surface area contributed by atoms with Crippen molar-refractivity contribution in [3.05, 3.63) is 59.7 Å². The van der Waals surface area contributed by atoms with Crippen LogP contribution in [0, 0.1) is 12.9 Å². The third-order valence-electron chi connectivity index (χ3n) is 2.91. The molecule has 0 saturated heterocycles. The molecular formula is C16H17FN2S. The van der Waals surface area contributed by atoms with Gasteiger partial charge in [0.15, 0.2) is 5.16 Å². The summed E-state index contributed by atoms with van der Waals surface area (Å²) in [4.78, 5) is 8.19. The van der Waals surface area contributed by atoms with Crippen LogP contribution in [-0.4, -0.2) is 9.97 Å². The van der Waals surface area contributed by atoms with Gasteiger partial charge in [-0.05, 0) is 24.5 Å². The number of rotatable bonds is 5. The Labute approximate surface area is 123 Å². The van der Waals surface area contributed by atoms with Gasteiger partial charge in [0.25, 0.3) is 0 Å². The first-order valence-electron chi connectivity index (χ1n) is 6.49. The van der Waals surface area contributed by atoms with Crippen LogP contribution in [0.1, 0.15) is 30.2 Å². The zero-order chi connectivity index (χ0) is 14.5. The highest BCUT2D eigenvalue weighted by Crippen LogP contribution is 2.22. The van der Waals surface area contributed by atoms with Gasteiger partial charge in [-0.3, -0.25) is 0 Å². The van der Waals surface area contributed by atoms with E-state index < -0.39 is 5.95 Å². The number of halogens is 1. The average molecular weight is 288 g/mol. The highest BCUT2D eigenvalue weighted by molar-refractivity contribution is 7.98. The summed E-state index contributed by atoms with van der Waals surface area (Å²) >= 11 is 1.44. The molecule has 0 aliphatic rings. The van der Waals surface area contributed by atoms with Gasteiger partial charge in [0.2, 0.25) is 5.95 Å². The van der Waals surface area contributed by atoms with Crippen molar-refractivity contribution in [2.75, 3.05) is 0 Å². The molecular weight excluding hydrogens is 271 g/mol. The van der Waals surface area contributed by atoms with E-state index >= 15 is 0 Å². The van der Waals surface area contributed by atoms with Gasteiger partial charge in [-0.15, -0.1) is 0 Å². The lowest BCUT2D eigenvalue weighted by atomic mass is 10.1. The molecule has 0 spiro atoms. The Morgan fingerprint density at radius 3 is 2.80 bits per heavy atom. The quantitative estimate of drug-likeness (QED) is 0.455. The number of hydrogen-bond acceptors (Lipinski definition) is 3. The van der Waals surface area contributed by atoms with Crippen molar-refractivity contribution in [3.8, 4) is 0 Å². The van der Waals surface area contributed by atoms with Gasteiger partial charge in [0.05, 0.1) is 5.69 Å². The lowest BCUT2D eigenvalue weighted by Crippen LogP contribution is -1.97. The zero-order valence-electron chi connectivity index (χ0n) is 11.7. The van der Waals surface area contributed by atoms with E-state index in [0.717, 1.165) is 17.7 Å². The van der Waals surface area contributed by atoms with Gasteiger partial charge in [-0.2, -0.15) is 9.37 Å². The average Bonchev–Trinajstić information content (AvgIpc) is 2.44. The molecule has 0 unspecified atom stereocenters. The Balaban J connectivity index is 2.13. The standard InChI is InChI=1S/C16H17FN2S/c1-4-12(3)14-9-15(17)19-16(18-14)20-10-13-7-5-6-11(2)8-13/h5-9H,3-4,10H2,1-2H3. The summed E-state index contributed by atoms with van der Waals surface area (Å²) in [7, 11) is 0. The first-order valence-corrected chi connectivity index (χ1v) is 7.48. The summed E-state index contributed by atoms with van der Waals surface area (Å²) in [5.74, 6) is 0.222. The first kappa shape index (κ1) is 14.7. The molecule has 0 N–H and O–H groups in total. The SMILES string of the molecule is C=C(CC)c1cc(F)nc(SCc2cccc(C)c2)n1. The lowest BCUT2D eigenvalue weighted by molar-refractivity contribution is 0.561. The van der Waals surface area contributed by atoms with Crippen LogP contribution < -0.4 is 0 Å². The number of aromatic nitrogens is 2. The Hall–Kier alpha value is -1.68. The predicted octanol–water partition coefficient (Wildman–Crippen LogP) is 4.64. The van der Waals surface area contributed by atoms with Gasteiger partial charge in [-0.25, -0.2) is 4.98 Å². The maximum absolute atomic E-state index is 13.5. The van der Waals surface area contributed by atoms with E-state index in [0.29, 0.717) is 10.9 Å². The number of hydrogen-bond donors (Lipinski definition) is 0. The second-order valence-corrected chi connectivity index (χ2v) is 5.54. The summed E-state index contributed by atoms with van der Waals surface area (Å²) in [6.45, 7) is 7.92. The Morgan fingerprint density at radius 1 is 1.30 bits per heavy atom. The number of nitrogens with zero attached hydrogens (tertiary/aromatic N) is 2. The van der Waals surface area contributed by atoms with Crippen LogP contribution in [0.4, 0.5) is 4.39 Å². The zero-order valence-corrected chi connectivity index (χ0v) is 12.5. The van der Waals surface area contributed by atoms with Gasteiger partial charge in [-0.1, -0.05) is 55.1 Å². The largest absolute Gasteiger partial charge is 0.223 e. The molecule has 4 heteroatoms. The van der Waals surface area contributed by atoms with Crippen molar-refractivity contribution in [1.82, 2.24) is 9.97 Å². The summed E-state index contributed by atoms with van der Waals surface area (Å²) in [5, 5.41) is 0.455. The molecule has 0 saturated carbocycles. The summed E-state index contributed by atoms with van der Waals surface area (Å²) in [6.07, 6.45) is 0.748. The Bertz CT molecular complexity index is 626. The van der Waals surface area contributed by atoms with Crippen LogP contribution in [0.5, 0.6) is 0 Å². The highest BCUT2D eigenvalue weighted by Gasteiger charge is 2.07. The molecule has 0 atom stereocenters. The van der Waals surface area contributed by atoms with Gasteiger partial charge in [0.1, 0.15) is 0 Å². The van der Waals surface area contributed by atoms with E-state index in [9.17, 15) is 4.39 Å². The fourth-order valence-corrected chi connectivity index (χ4v) is 2.56. The minimum Gasteiger partial charge on any atom is -0.223 e. The van der Waals surface area contributed by atoms with E-state index in [1.807, 2.05) is 19.1 Å². The third kappa shape index (κ3) is 3.90. The predicted molar refractivity (Wildman–Crippen MR) is 82.1 cm³/mol. The lowest BCUT2D eigenvalue weighted by Gasteiger charge is -2.06. The van der Waals surface area contributed by atoms with Crippen LogP contribution in [0.2, 0.25) is 0 Å². The van der Waals surface area contributed by atoms with E-state index in [1.165, 1.54) is 29.0 Å². The Kier molecular flexibility index (Phi) is 4.90. The fourth-order valence-electron chi connectivity index (χ4n) is 1.77. The summed E-state index contributed by atoms with van der Waals surface area (Å²) < 4.78 is 13.5. The van der Waals surface area contributed by atoms with Crippen LogP contribution in [0.25, 0.3) is 5.57 Å². The van der Waals surface area contributed by atoms with E-state index in [2.05, 4.69) is 35.6 Å². The van der Waals surface area contributed by atoms with E-state index in [-0.39, 0.29) is 0 Å². The van der Waals surface area contributed by atoms with Gasteiger partial charge in [0, 0.05) is 11.8 Å². The molecule has 20 heavy (non-hydrogen) atoms. The van der Waals surface area contributed by atoms with Gasteiger partial charge >= 0.3 is 0 Å². The maximum Gasteiger partial charge on any atom is 0.217 e. The minimum absolute atomic E-state index is 0.455. The van der Waals surface area contributed by atoms with Crippen molar-refractivity contribution in [2.24, 2.45) is 0 Å². The van der Waals surface area contributed by atoms with Crippen LogP contribution in [-0.2, 0) is 5.75 Å². The smallest absolute Gasteiger partial charge is 0.217 e. The van der Waals surface area contributed by atoms with Crippen LogP contribution in [0.3, 0.4) is 0 Å². The summed E-state index contributed by atoms with van der Waals surface area (Å²) in [5.41, 5.74) is 3.80. The maximum atomic E-state index is 13.5. The van der Waals surface area contributed by atoms with Crippen molar-refractivity contribution in [2.45, 2.75) is 31.2 Å². The minimum atomic E-state index is -0.503. The Morgan fingerprint density at radius 2 is 2.10 bits per heavy atom. The molecule has 0 fully saturated rings. The molecule has 2 rings (SSSR count). The van der Waals surface area contributed by atoms with Crippen molar-refractivity contribution < 1.29 is 4.39 Å². The number of allylic oxidation sites excluding steroid dienone is 1. The highest BCUT2D eigenvalue weighted by atomic mass is 32.2. The van der Waals surface area contributed by atoms with E-state index in [4.69, 9.17) is 0 Å². The molecule has 0 bridgehead atoms. The first-order chi connectivity index (χ1) is 9.58. The van der Waals surface area contributed by atoms with Crippen molar-refractivity contribution >= 4 is 17.3 Å². The fraction of sp³-hybridized carbons (Fsp3) is 0.250. The molecule has 1 heterocycles. The molecule has 104 valence electrons. The van der Waals surface area contributed by atoms with Crippen molar-refractivity contribution in [3.63, 3.8) is 0 Å². The molecule has 0 amide bonds. The number of thioether (sulfide) groups is 1. The molecule has 0 aliphatic heterocycles. The molecule has 0 aliphatic carbocycles. The normalized spacial score (nSPS) is 10.6. The molecule has 0 radical (unpaired) electrons. The second-order valence-electron chi connectivity index (χ2n) is 4.59. The van der Waals surface area contributed by atoms with Crippen LogP contribution in [0.15, 0.2) is 42.1 Å². The number of aryl methyl sites for hydroxylation is 1. The molecule has 1 aromatic carbocycles. The molecule has 1 aromatic heterocycles. The van der Waals surface area contributed by atoms with Crippen molar-refractivity contribution in [1.29, 1.82) is 0 Å². The van der Waals surface area contributed by atoms with Crippen LogP contribution >= 0.6 is 11.8 Å². The van der Waals surface area contributed by atoms with E-state index in [1.54, 1.807) is 0 Å². The monoisotopic (exact) mass is 288 g/mol. The molecule has 2 aromatic rings. The molecule has 2 nitrogen and oxygen atoms in total. The second kappa shape index (κ2) is 6.66. The summed E-state index contributed by atoms with van der Waals surface area (Å²) in [6, 6.07) is 9.56. The number of benzene rings is 1. The van der Waals surface area contributed by atoms with Gasteiger partial charge < -0.3 is 0 Å². The topological polar surface area (TPSA) is 25.8 Å². The third-order valence-corrected chi connectivity index (χ3v) is 3.83.